The summed E-state index contributed by atoms with van der Waals surface area (Å²) in [7, 11) is 0. The molecule has 0 fully saturated rings. The first kappa shape index (κ1) is 14.1. The van der Waals surface area contributed by atoms with E-state index in [1.54, 1.807) is 0 Å². The Morgan fingerprint density at radius 1 is 0.950 bits per heavy atom. The summed E-state index contributed by atoms with van der Waals surface area (Å²) in [5.74, 6) is 1.73. The molecule has 0 amide bonds. The van der Waals surface area contributed by atoms with Gasteiger partial charge in [0.1, 0.15) is 11.5 Å². The Bertz CT molecular complexity index is 618. The van der Waals surface area contributed by atoms with Crippen molar-refractivity contribution in [2.45, 2.75) is 20.8 Å². The van der Waals surface area contributed by atoms with Crippen LogP contribution < -0.4 is 4.74 Å². The molecule has 1 heteroatoms. The van der Waals surface area contributed by atoms with Gasteiger partial charge in [0.2, 0.25) is 0 Å². The van der Waals surface area contributed by atoms with Crippen LogP contribution in [-0.2, 0) is 0 Å². The molecule has 2 aromatic carbocycles. The summed E-state index contributed by atoms with van der Waals surface area (Å²) in [5, 5.41) is 0. The third kappa shape index (κ3) is 3.39. The molecule has 0 N–H and O–H groups in total. The monoisotopic (exact) mass is 264 g/mol. The Kier molecular flexibility index (Phi) is 4.78. The number of para-hydroxylation sites is 1. The molecule has 0 heterocycles. The van der Waals surface area contributed by atoms with Crippen molar-refractivity contribution in [3.05, 3.63) is 71.8 Å². The third-order valence-corrected chi connectivity index (χ3v) is 3.24. The normalized spacial score (nSPS) is 11.8. The minimum absolute atomic E-state index is 0.856. The van der Waals surface area contributed by atoms with Crippen LogP contribution in [0.5, 0.6) is 11.5 Å². The van der Waals surface area contributed by atoms with E-state index in [1.165, 1.54) is 11.1 Å². The predicted octanol–water partition coefficient (Wildman–Crippen LogP) is 5.94. The van der Waals surface area contributed by atoms with E-state index in [0.717, 1.165) is 17.1 Å². The number of rotatable bonds is 4. The average Bonchev–Trinajstić information content (AvgIpc) is 2.49. The molecule has 0 aliphatic carbocycles. The Balaban J connectivity index is 2.22. The fourth-order valence-corrected chi connectivity index (χ4v) is 1.97. The SMILES string of the molecule is CC=Cc1ccccc1Oc1ccc(C(C)=CC)cc1. The molecule has 0 saturated heterocycles. The van der Waals surface area contributed by atoms with Gasteiger partial charge in [0.15, 0.2) is 0 Å². The Labute approximate surface area is 121 Å². The van der Waals surface area contributed by atoms with Gasteiger partial charge in [-0.05, 0) is 50.1 Å². The van der Waals surface area contributed by atoms with Crippen LogP contribution in [0.4, 0.5) is 0 Å². The minimum atomic E-state index is 0.856. The lowest BCUT2D eigenvalue weighted by Crippen LogP contribution is -1.88. The fourth-order valence-electron chi connectivity index (χ4n) is 1.97. The Morgan fingerprint density at radius 2 is 1.65 bits per heavy atom. The topological polar surface area (TPSA) is 9.23 Å². The van der Waals surface area contributed by atoms with Gasteiger partial charge in [-0.3, -0.25) is 0 Å². The maximum absolute atomic E-state index is 5.96. The highest BCUT2D eigenvalue weighted by molar-refractivity contribution is 5.64. The first-order chi connectivity index (χ1) is 9.74. The summed E-state index contributed by atoms with van der Waals surface area (Å²) in [5.41, 5.74) is 3.58. The van der Waals surface area contributed by atoms with E-state index in [4.69, 9.17) is 4.74 Å². The van der Waals surface area contributed by atoms with Crippen LogP contribution in [0.1, 0.15) is 31.9 Å². The first-order valence-electron chi connectivity index (χ1n) is 6.87. The molecule has 0 saturated carbocycles. The molecule has 0 atom stereocenters. The van der Waals surface area contributed by atoms with E-state index in [9.17, 15) is 0 Å². The highest BCUT2D eigenvalue weighted by Crippen LogP contribution is 2.27. The standard InChI is InChI=1S/C19H20O/c1-4-8-17-9-6-7-10-19(17)20-18-13-11-16(12-14-18)15(3)5-2/h4-14H,1-3H3. The summed E-state index contributed by atoms with van der Waals surface area (Å²) in [6.07, 6.45) is 6.17. The second-order valence-corrected chi connectivity index (χ2v) is 4.64. The second-order valence-electron chi connectivity index (χ2n) is 4.64. The van der Waals surface area contributed by atoms with Gasteiger partial charge < -0.3 is 4.74 Å². The molecule has 0 bridgehead atoms. The van der Waals surface area contributed by atoms with E-state index in [0.29, 0.717) is 0 Å². The maximum Gasteiger partial charge on any atom is 0.134 e. The van der Waals surface area contributed by atoms with Crippen molar-refractivity contribution in [2.75, 3.05) is 0 Å². The van der Waals surface area contributed by atoms with E-state index in [2.05, 4.69) is 25.1 Å². The van der Waals surface area contributed by atoms with Gasteiger partial charge in [-0.25, -0.2) is 0 Å². The number of benzene rings is 2. The third-order valence-electron chi connectivity index (χ3n) is 3.24. The van der Waals surface area contributed by atoms with Crippen LogP contribution in [-0.4, -0.2) is 0 Å². The zero-order valence-corrected chi connectivity index (χ0v) is 12.3. The molecule has 0 aliphatic rings. The van der Waals surface area contributed by atoms with Crippen molar-refractivity contribution in [1.82, 2.24) is 0 Å². The lowest BCUT2D eigenvalue weighted by Gasteiger charge is -2.09. The zero-order chi connectivity index (χ0) is 14.4. The van der Waals surface area contributed by atoms with E-state index in [1.807, 2.05) is 62.4 Å². The van der Waals surface area contributed by atoms with Gasteiger partial charge in [-0.15, -0.1) is 0 Å². The highest BCUT2D eigenvalue weighted by Gasteiger charge is 2.02. The summed E-state index contributed by atoms with van der Waals surface area (Å²) in [6, 6.07) is 16.2. The number of allylic oxidation sites excluding steroid dienone is 3. The van der Waals surface area contributed by atoms with Crippen LogP contribution in [0.15, 0.2) is 60.7 Å². The molecule has 2 rings (SSSR count). The zero-order valence-electron chi connectivity index (χ0n) is 12.3. The summed E-state index contributed by atoms with van der Waals surface area (Å²) in [4.78, 5) is 0. The Morgan fingerprint density at radius 3 is 2.30 bits per heavy atom. The molecule has 20 heavy (non-hydrogen) atoms. The van der Waals surface area contributed by atoms with Gasteiger partial charge in [0.25, 0.3) is 0 Å². The second kappa shape index (κ2) is 6.76. The van der Waals surface area contributed by atoms with E-state index in [-0.39, 0.29) is 0 Å². The molecule has 102 valence electrons. The number of ether oxygens (including phenoxy) is 1. The molecule has 0 unspecified atom stereocenters. The van der Waals surface area contributed by atoms with Crippen LogP contribution in [0, 0.1) is 0 Å². The predicted molar refractivity (Wildman–Crippen MR) is 87.0 cm³/mol. The summed E-state index contributed by atoms with van der Waals surface area (Å²) in [6.45, 7) is 6.16. The van der Waals surface area contributed by atoms with Crippen LogP contribution in [0.3, 0.4) is 0 Å². The molecule has 0 aromatic heterocycles. The van der Waals surface area contributed by atoms with Gasteiger partial charge in [0.05, 0.1) is 0 Å². The number of hydrogen-bond donors (Lipinski definition) is 0. The largest absolute Gasteiger partial charge is 0.457 e. The smallest absolute Gasteiger partial charge is 0.134 e. The van der Waals surface area contributed by atoms with Crippen molar-refractivity contribution in [3.63, 3.8) is 0 Å². The lowest BCUT2D eigenvalue weighted by atomic mass is 10.1. The molecule has 0 aliphatic heterocycles. The first-order valence-corrected chi connectivity index (χ1v) is 6.87. The van der Waals surface area contributed by atoms with Crippen molar-refractivity contribution >= 4 is 11.6 Å². The fraction of sp³-hybridized carbons (Fsp3) is 0.158. The average molecular weight is 264 g/mol. The molecule has 0 radical (unpaired) electrons. The van der Waals surface area contributed by atoms with Crippen molar-refractivity contribution < 1.29 is 4.74 Å². The minimum Gasteiger partial charge on any atom is -0.457 e. The van der Waals surface area contributed by atoms with Crippen molar-refractivity contribution in [1.29, 1.82) is 0 Å². The summed E-state index contributed by atoms with van der Waals surface area (Å²) < 4.78 is 5.96. The summed E-state index contributed by atoms with van der Waals surface area (Å²) >= 11 is 0. The number of hydrogen-bond acceptors (Lipinski definition) is 1. The van der Waals surface area contributed by atoms with Gasteiger partial charge in [-0.1, -0.05) is 48.6 Å². The Hall–Kier alpha value is -2.28. The molecular formula is C19H20O. The molecule has 2 aromatic rings. The van der Waals surface area contributed by atoms with Crippen molar-refractivity contribution in [2.24, 2.45) is 0 Å². The van der Waals surface area contributed by atoms with Gasteiger partial charge in [-0.2, -0.15) is 0 Å². The maximum atomic E-state index is 5.96. The highest BCUT2D eigenvalue weighted by atomic mass is 16.5. The molecular weight excluding hydrogens is 244 g/mol. The van der Waals surface area contributed by atoms with Gasteiger partial charge in [0, 0.05) is 5.56 Å². The van der Waals surface area contributed by atoms with E-state index < -0.39 is 0 Å². The van der Waals surface area contributed by atoms with Crippen LogP contribution in [0.25, 0.3) is 11.6 Å². The molecule has 0 spiro atoms. The van der Waals surface area contributed by atoms with Crippen LogP contribution in [0.2, 0.25) is 0 Å². The van der Waals surface area contributed by atoms with Gasteiger partial charge >= 0.3 is 0 Å². The lowest BCUT2D eigenvalue weighted by molar-refractivity contribution is 0.481. The quantitative estimate of drug-likeness (QED) is 0.664. The molecule has 1 nitrogen and oxygen atoms in total. The van der Waals surface area contributed by atoms with Crippen molar-refractivity contribution in [3.8, 4) is 11.5 Å². The van der Waals surface area contributed by atoms with Crippen LogP contribution >= 0.6 is 0 Å². The van der Waals surface area contributed by atoms with E-state index >= 15 is 0 Å².